The molecule has 0 atom stereocenters. The van der Waals surface area contributed by atoms with E-state index >= 15 is 0 Å². The van der Waals surface area contributed by atoms with Crippen molar-refractivity contribution in [3.8, 4) is 11.5 Å². The van der Waals surface area contributed by atoms with Gasteiger partial charge in [0.05, 0.1) is 10.5 Å². The van der Waals surface area contributed by atoms with Crippen LogP contribution in [0.4, 0.5) is 0 Å². The molecule has 7 nitrogen and oxygen atoms in total. The van der Waals surface area contributed by atoms with Crippen molar-refractivity contribution in [2.45, 2.75) is 75.3 Å². The fourth-order valence-electron chi connectivity index (χ4n) is 3.71. The summed E-state index contributed by atoms with van der Waals surface area (Å²) in [6.45, 7) is 4.26. The number of ether oxygens (including phenoxy) is 2. The molecule has 0 spiro atoms. The molecule has 3 rings (SSSR count). The van der Waals surface area contributed by atoms with E-state index in [-0.39, 0.29) is 28.0 Å². The summed E-state index contributed by atoms with van der Waals surface area (Å²) in [6, 6.07) is 2.63. The molecule has 1 heterocycles. The fraction of sp³-hybridized carbons (Fsp3) is 0.632. The molecule has 8 heteroatoms. The van der Waals surface area contributed by atoms with Gasteiger partial charge in [0.15, 0.2) is 11.5 Å². The van der Waals surface area contributed by atoms with Crippen LogP contribution in [0.3, 0.4) is 0 Å². The third kappa shape index (κ3) is 4.06. The first-order valence-electron chi connectivity index (χ1n) is 9.62. The van der Waals surface area contributed by atoms with Crippen LogP contribution in [0.1, 0.15) is 69.2 Å². The van der Waals surface area contributed by atoms with Gasteiger partial charge in [0.25, 0.3) is 5.91 Å². The van der Waals surface area contributed by atoms with E-state index in [1.165, 1.54) is 12.1 Å². The van der Waals surface area contributed by atoms with Gasteiger partial charge in [-0.05, 0) is 31.7 Å². The predicted molar refractivity (Wildman–Crippen MR) is 102 cm³/mol. The molecule has 0 saturated heterocycles. The molecule has 0 bridgehead atoms. The molecule has 1 aliphatic heterocycles. The Hall–Kier alpha value is -1.80. The lowest BCUT2D eigenvalue weighted by molar-refractivity contribution is -0.0152. The zero-order chi connectivity index (χ0) is 19.7. The van der Waals surface area contributed by atoms with Crippen LogP contribution in [0, 0.1) is 0 Å². The maximum atomic E-state index is 12.9. The van der Waals surface area contributed by atoms with Gasteiger partial charge in [-0.15, -0.1) is 0 Å². The number of primary amides is 1. The van der Waals surface area contributed by atoms with Crippen LogP contribution < -0.4 is 19.9 Å². The largest absolute Gasteiger partial charge is 0.485 e. The molecule has 1 saturated carbocycles. The number of hydrogen-bond donors (Lipinski definition) is 2. The number of sulfonamides is 1. The van der Waals surface area contributed by atoms with Gasteiger partial charge in [0, 0.05) is 12.1 Å². The number of nitrogens with one attached hydrogen (secondary N) is 1. The van der Waals surface area contributed by atoms with Crippen molar-refractivity contribution >= 4 is 15.9 Å². The maximum absolute atomic E-state index is 12.9. The van der Waals surface area contributed by atoms with Crippen LogP contribution in [0.15, 0.2) is 17.0 Å². The van der Waals surface area contributed by atoms with E-state index in [1.54, 1.807) is 0 Å². The number of fused-ring (bicyclic) bond motifs is 1. The summed E-state index contributed by atoms with van der Waals surface area (Å²) < 4.78 is 40.5. The molecule has 27 heavy (non-hydrogen) atoms. The van der Waals surface area contributed by atoms with Crippen LogP contribution >= 0.6 is 0 Å². The SMILES string of the molecule is CCC1(CC)COc2c(cc(S(=O)(=O)NC3CCCCC3)cc2C(N)=O)O1. The number of hydrogen-bond acceptors (Lipinski definition) is 5. The number of benzene rings is 1. The van der Waals surface area contributed by atoms with Crippen molar-refractivity contribution in [3.05, 3.63) is 17.7 Å². The van der Waals surface area contributed by atoms with Gasteiger partial charge < -0.3 is 15.2 Å². The summed E-state index contributed by atoms with van der Waals surface area (Å²) in [5, 5.41) is 0. The van der Waals surface area contributed by atoms with E-state index in [9.17, 15) is 13.2 Å². The number of rotatable bonds is 6. The lowest BCUT2D eigenvalue weighted by Crippen LogP contribution is -2.44. The molecule has 1 aliphatic carbocycles. The van der Waals surface area contributed by atoms with E-state index in [0.717, 1.165) is 32.1 Å². The van der Waals surface area contributed by atoms with Gasteiger partial charge in [-0.3, -0.25) is 4.79 Å². The first-order chi connectivity index (χ1) is 12.8. The second-order valence-corrected chi connectivity index (χ2v) is 9.11. The van der Waals surface area contributed by atoms with E-state index in [1.807, 2.05) is 13.8 Å². The second kappa shape index (κ2) is 7.67. The van der Waals surface area contributed by atoms with Crippen LogP contribution in [0.2, 0.25) is 0 Å². The number of carbonyl (C=O) groups excluding carboxylic acids is 1. The number of amides is 1. The Kier molecular flexibility index (Phi) is 5.67. The molecule has 0 unspecified atom stereocenters. The highest BCUT2D eigenvalue weighted by molar-refractivity contribution is 7.89. The normalized spacial score (nSPS) is 19.6. The minimum atomic E-state index is -3.79. The third-order valence-electron chi connectivity index (χ3n) is 5.63. The number of nitrogens with two attached hydrogens (primary N) is 1. The summed E-state index contributed by atoms with van der Waals surface area (Å²) in [5.74, 6) is -0.271. The van der Waals surface area contributed by atoms with E-state index in [2.05, 4.69) is 4.72 Å². The molecule has 150 valence electrons. The average Bonchev–Trinajstić information content (AvgIpc) is 2.66. The smallest absolute Gasteiger partial charge is 0.252 e. The zero-order valence-electron chi connectivity index (χ0n) is 15.9. The maximum Gasteiger partial charge on any atom is 0.252 e. The van der Waals surface area contributed by atoms with Gasteiger partial charge in [0.2, 0.25) is 10.0 Å². The van der Waals surface area contributed by atoms with Crippen LogP contribution in [-0.2, 0) is 10.0 Å². The standard InChI is InChI=1S/C19H28N2O5S/c1-3-19(4-2)12-25-17-15(18(20)22)10-14(11-16(17)26-19)27(23,24)21-13-8-6-5-7-9-13/h10-11,13,21H,3-9,12H2,1-2H3,(H2,20,22). The van der Waals surface area contributed by atoms with Crippen molar-refractivity contribution < 1.29 is 22.7 Å². The number of carbonyl (C=O) groups is 1. The summed E-state index contributed by atoms with van der Waals surface area (Å²) in [5.41, 5.74) is 4.96. The lowest BCUT2D eigenvalue weighted by Gasteiger charge is -2.37. The highest BCUT2D eigenvalue weighted by atomic mass is 32.2. The highest BCUT2D eigenvalue weighted by Gasteiger charge is 2.37. The fourth-order valence-corrected chi connectivity index (χ4v) is 5.06. The minimum Gasteiger partial charge on any atom is -0.485 e. The molecule has 2 aliphatic rings. The summed E-state index contributed by atoms with van der Waals surface area (Å²) in [4.78, 5) is 11.9. The molecule has 0 radical (unpaired) electrons. The molecule has 1 aromatic carbocycles. The second-order valence-electron chi connectivity index (χ2n) is 7.40. The Labute approximate surface area is 160 Å². The summed E-state index contributed by atoms with van der Waals surface area (Å²) in [7, 11) is -3.79. The third-order valence-corrected chi connectivity index (χ3v) is 7.13. The quantitative estimate of drug-likeness (QED) is 0.769. The Morgan fingerprint density at radius 3 is 2.48 bits per heavy atom. The van der Waals surface area contributed by atoms with Crippen LogP contribution in [0.25, 0.3) is 0 Å². The summed E-state index contributed by atoms with van der Waals surface area (Å²) >= 11 is 0. The Morgan fingerprint density at radius 2 is 1.89 bits per heavy atom. The molecule has 1 fully saturated rings. The molecule has 3 N–H and O–H groups in total. The molecule has 0 aromatic heterocycles. The molecular formula is C19H28N2O5S. The zero-order valence-corrected chi connectivity index (χ0v) is 16.7. The first kappa shape index (κ1) is 19.9. The van der Waals surface area contributed by atoms with E-state index in [0.29, 0.717) is 19.4 Å². The van der Waals surface area contributed by atoms with E-state index < -0.39 is 21.5 Å². The topological polar surface area (TPSA) is 108 Å². The Balaban J connectivity index is 1.99. The first-order valence-corrected chi connectivity index (χ1v) is 11.1. The predicted octanol–water partition coefficient (Wildman–Crippen LogP) is 2.73. The van der Waals surface area contributed by atoms with Gasteiger partial charge in [-0.1, -0.05) is 33.1 Å². The van der Waals surface area contributed by atoms with Crippen molar-refractivity contribution in [2.24, 2.45) is 5.73 Å². The monoisotopic (exact) mass is 396 g/mol. The molecular weight excluding hydrogens is 368 g/mol. The van der Waals surface area contributed by atoms with Gasteiger partial charge >= 0.3 is 0 Å². The van der Waals surface area contributed by atoms with Gasteiger partial charge in [-0.25, -0.2) is 13.1 Å². The van der Waals surface area contributed by atoms with E-state index in [4.69, 9.17) is 15.2 Å². The summed E-state index contributed by atoms with van der Waals surface area (Å²) in [6.07, 6.45) is 6.19. The van der Waals surface area contributed by atoms with Crippen LogP contribution in [-0.4, -0.2) is 32.6 Å². The average molecular weight is 397 g/mol. The molecule has 1 aromatic rings. The van der Waals surface area contributed by atoms with Gasteiger partial charge in [0.1, 0.15) is 12.2 Å². The van der Waals surface area contributed by atoms with Crippen molar-refractivity contribution in [2.75, 3.05) is 6.61 Å². The molecule has 1 amide bonds. The Bertz CT molecular complexity index is 812. The minimum absolute atomic E-state index is 0.0211. The Morgan fingerprint density at radius 1 is 1.22 bits per heavy atom. The van der Waals surface area contributed by atoms with Crippen molar-refractivity contribution in [3.63, 3.8) is 0 Å². The van der Waals surface area contributed by atoms with Crippen LogP contribution in [0.5, 0.6) is 11.5 Å². The van der Waals surface area contributed by atoms with Gasteiger partial charge in [-0.2, -0.15) is 0 Å². The van der Waals surface area contributed by atoms with Crippen molar-refractivity contribution in [1.82, 2.24) is 4.72 Å². The van der Waals surface area contributed by atoms with Crippen molar-refractivity contribution in [1.29, 1.82) is 0 Å². The lowest BCUT2D eigenvalue weighted by atomic mass is 9.96. The highest BCUT2D eigenvalue weighted by Crippen LogP contribution is 2.42.